The van der Waals surface area contributed by atoms with Crippen molar-refractivity contribution in [1.29, 1.82) is 0 Å². The summed E-state index contributed by atoms with van der Waals surface area (Å²) in [6, 6.07) is 9.23. The average Bonchev–Trinajstić information content (AvgIpc) is 2.81. The molecular formula is C16H11ClN2O5. The lowest BCUT2D eigenvalue weighted by Gasteiger charge is -2.14. The fourth-order valence-electron chi connectivity index (χ4n) is 2.60. The van der Waals surface area contributed by atoms with Crippen molar-refractivity contribution in [1.82, 2.24) is 4.90 Å². The lowest BCUT2D eigenvalue weighted by molar-refractivity contribution is -0.385. The SMILES string of the molecule is COc1cccc(CN2C(=O)c3c(Cl)ccc([N+](=O)[O-])c3C2=O)c1. The standard InChI is InChI=1S/C16H11ClN2O5/c1-24-10-4-2-3-9(7-10)8-18-15(20)13-11(17)5-6-12(19(22)23)14(13)16(18)21/h2-7H,8H2,1H3. The second-order valence-electron chi connectivity index (χ2n) is 5.12. The fraction of sp³-hybridized carbons (Fsp3) is 0.125. The molecule has 8 heteroatoms. The zero-order valence-electron chi connectivity index (χ0n) is 12.5. The first-order valence-corrected chi connectivity index (χ1v) is 7.28. The third kappa shape index (κ3) is 2.48. The molecule has 2 aromatic rings. The van der Waals surface area contributed by atoms with Crippen LogP contribution in [-0.2, 0) is 6.54 Å². The summed E-state index contributed by atoms with van der Waals surface area (Å²) in [6.45, 7) is -0.0307. The van der Waals surface area contributed by atoms with Crippen LogP contribution in [0, 0.1) is 10.1 Å². The Hall–Kier alpha value is -2.93. The van der Waals surface area contributed by atoms with Crippen molar-refractivity contribution in [3.05, 3.63) is 68.2 Å². The molecule has 24 heavy (non-hydrogen) atoms. The van der Waals surface area contributed by atoms with E-state index in [-0.39, 0.29) is 22.7 Å². The van der Waals surface area contributed by atoms with E-state index in [0.717, 1.165) is 11.0 Å². The lowest BCUT2D eigenvalue weighted by Crippen LogP contribution is -2.29. The molecule has 0 saturated heterocycles. The molecule has 122 valence electrons. The second-order valence-corrected chi connectivity index (χ2v) is 5.53. The van der Waals surface area contributed by atoms with Crippen LogP contribution in [0.4, 0.5) is 5.69 Å². The Morgan fingerprint density at radius 3 is 2.54 bits per heavy atom. The van der Waals surface area contributed by atoms with Crippen molar-refractivity contribution in [3.8, 4) is 5.75 Å². The van der Waals surface area contributed by atoms with Gasteiger partial charge in [-0.1, -0.05) is 23.7 Å². The molecule has 0 radical (unpaired) electrons. The van der Waals surface area contributed by atoms with E-state index in [2.05, 4.69) is 0 Å². The van der Waals surface area contributed by atoms with Gasteiger partial charge in [0.2, 0.25) is 0 Å². The van der Waals surface area contributed by atoms with Crippen molar-refractivity contribution in [2.45, 2.75) is 6.54 Å². The van der Waals surface area contributed by atoms with E-state index in [4.69, 9.17) is 16.3 Å². The first-order chi connectivity index (χ1) is 11.4. The van der Waals surface area contributed by atoms with E-state index >= 15 is 0 Å². The third-order valence-corrected chi connectivity index (χ3v) is 4.04. The Morgan fingerprint density at radius 1 is 1.17 bits per heavy atom. The molecule has 1 aliphatic rings. The molecule has 0 saturated carbocycles. The number of carbonyl (C=O) groups excluding carboxylic acids is 2. The second kappa shape index (κ2) is 5.93. The smallest absolute Gasteiger partial charge is 0.283 e. The van der Waals surface area contributed by atoms with Gasteiger partial charge in [-0.3, -0.25) is 24.6 Å². The van der Waals surface area contributed by atoms with Gasteiger partial charge < -0.3 is 4.74 Å². The van der Waals surface area contributed by atoms with Crippen LogP contribution in [0.3, 0.4) is 0 Å². The molecule has 1 heterocycles. The van der Waals surface area contributed by atoms with Gasteiger partial charge in [0.1, 0.15) is 11.3 Å². The zero-order chi connectivity index (χ0) is 17.4. The highest BCUT2D eigenvalue weighted by Gasteiger charge is 2.42. The maximum Gasteiger partial charge on any atom is 0.283 e. The van der Waals surface area contributed by atoms with Crippen molar-refractivity contribution in [2.24, 2.45) is 0 Å². The predicted molar refractivity (Wildman–Crippen MR) is 85.3 cm³/mol. The van der Waals surface area contributed by atoms with Crippen LogP contribution in [0.15, 0.2) is 36.4 Å². The summed E-state index contributed by atoms with van der Waals surface area (Å²) in [7, 11) is 1.50. The minimum atomic E-state index is -0.730. The number of fused-ring (bicyclic) bond motifs is 1. The highest BCUT2D eigenvalue weighted by molar-refractivity contribution is 6.37. The number of carbonyl (C=O) groups is 2. The summed E-state index contributed by atoms with van der Waals surface area (Å²) in [5.74, 6) is -0.799. The number of halogens is 1. The summed E-state index contributed by atoms with van der Waals surface area (Å²) in [6.07, 6.45) is 0. The maximum absolute atomic E-state index is 12.6. The third-order valence-electron chi connectivity index (χ3n) is 3.72. The minimum Gasteiger partial charge on any atom is -0.497 e. The normalized spacial score (nSPS) is 13.2. The van der Waals surface area contributed by atoms with Gasteiger partial charge in [-0.25, -0.2) is 0 Å². The van der Waals surface area contributed by atoms with E-state index in [9.17, 15) is 19.7 Å². The first-order valence-electron chi connectivity index (χ1n) is 6.90. The van der Waals surface area contributed by atoms with E-state index in [0.29, 0.717) is 11.3 Å². The molecule has 0 bridgehead atoms. The van der Waals surface area contributed by atoms with Crippen LogP contribution < -0.4 is 4.74 Å². The summed E-state index contributed by atoms with van der Waals surface area (Å²) < 4.78 is 5.11. The number of nitro groups is 1. The number of hydrogen-bond acceptors (Lipinski definition) is 5. The summed E-state index contributed by atoms with van der Waals surface area (Å²) in [4.78, 5) is 36.5. The molecule has 2 aromatic carbocycles. The largest absolute Gasteiger partial charge is 0.497 e. The lowest BCUT2D eigenvalue weighted by atomic mass is 10.1. The van der Waals surface area contributed by atoms with E-state index < -0.39 is 22.4 Å². The van der Waals surface area contributed by atoms with E-state index in [1.807, 2.05) is 0 Å². The molecule has 3 rings (SSSR count). The number of rotatable bonds is 4. The Balaban J connectivity index is 2.02. The van der Waals surface area contributed by atoms with Gasteiger partial charge in [0, 0.05) is 6.07 Å². The number of ether oxygens (including phenoxy) is 1. The topological polar surface area (TPSA) is 89.8 Å². The van der Waals surface area contributed by atoms with E-state index in [1.54, 1.807) is 24.3 Å². The van der Waals surface area contributed by atoms with Crippen LogP contribution in [0.2, 0.25) is 5.02 Å². The predicted octanol–water partition coefficient (Wildman–Crippen LogP) is 3.05. The Labute approximate surface area is 141 Å². The first kappa shape index (κ1) is 15.9. The highest BCUT2D eigenvalue weighted by Crippen LogP contribution is 2.36. The van der Waals surface area contributed by atoms with Gasteiger partial charge in [-0.15, -0.1) is 0 Å². The molecule has 0 unspecified atom stereocenters. The number of hydrogen-bond donors (Lipinski definition) is 0. The van der Waals surface area contributed by atoms with Gasteiger partial charge in [0.25, 0.3) is 17.5 Å². The zero-order valence-corrected chi connectivity index (χ0v) is 13.2. The van der Waals surface area contributed by atoms with Gasteiger partial charge in [0.15, 0.2) is 0 Å². The number of amides is 2. The summed E-state index contributed by atoms with van der Waals surface area (Å²) in [5.41, 5.74) is -0.164. The number of imide groups is 1. The highest BCUT2D eigenvalue weighted by atomic mass is 35.5. The molecule has 0 spiro atoms. The Bertz CT molecular complexity index is 881. The summed E-state index contributed by atoms with van der Waals surface area (Å²) >= 11 is 5.98. The van der Waals surface area contributed by atoms with Crippen LogP contribution in [0.25, 0.3) is 0 Å². The molecule has 0 atom stereocenters. The molecule has 7 nitrogen and oxygen atoms in total. The fourth-order valence-corrected chi connectivity index (χ4v) is 2.84. The molecule has 1 aliphatic heterocycles. The van der Waals surface area contributed by atoms with Crippen molar-refractivity contribution >= 4 is 29.1 Å². The molecular weight excluding hydrogens is 336 g/mol. The monoisotopic (exact) mass is 346 g/mol. The number of benzene rings is 2. The number of methoxy groups -OCH3 is 1. The van der Waals surface area contributed by atoms with Gasteiger partial charge in [-0.2, -0.15) is 0 Å². The molecule has 2 amide bonds. The summed E-state index contributed by atoms with van der Waals surface area (Å²) in [5, 5.41) is 11.2. The van der Waals surface area contributed by atoms with E-state index in [1.165, 1.54) is 13.2 Å². The average molecular weight is 347 g/mol. The Morgan fingerprint density at radius 2 is 1.88 bits per heavy atom. The minimum absolute atomic E-state index is 0.0158. The van der Waals surface area contributed by atoms with Crippen LogP contribution in [-0.4, -0.2) is 28.7 Å². The van der Waals surface area contributed by atoms with Crippen molar-refractivity contribution in [3.63, 3.8) is 0 Å². The number of nitro benzene ring substituents is 1. The van der Waals surface area contributed by atoms with Crippen molar-refractivity contribution < 1.29 is 19.2 Å². The molecule has 0 aromatic heterocycles. The van der Waals surface area contributed by atoms with Crippen LogP contribution in [0.1, 0.15) is 26.3 Å². The Kier molecular flexibility index (Phi) is 3.94. The molecule has 0 N–H and O–H groups in total. The van der Waals surface area contributed by atoms with Crippen LogP contribution >= 0.6 is 11.6 Å². The molecule has 0 aliphatic carbocycles. The maximum atomic E-state index is 12.6. The quantitative estimate of drug-likeness (QED) is 0.482. The number of nitrogens with zero attached hydrogens (tertiary/aromatic N) is 2. The molecule has 0 fully saturated rings. The van der Waals surface area contributed by atoms with Gasteiger partial charge in [-0.05, 0) is 23.8 Å². The van der Waals surface area contributed by atoms with Gasteiger partial charge in [0.05, 0.1) is 29.2 Å². The van der Waals surface area contributed by atoms with Crippen molar-refractivity contribution in [2.75, 3.05) is 7.11 Å². The van der Waals surface area contributed by atoms with Crippen LogP contribution in [0.5, 0.6) is 5.75 Å². The van der Waals surface area contributed by atoms with Gasteiger partial charge >= 0.3 is 0 Å².